The van der Waals surface area contributed by atoms with Gasteiger partial charge in [-0.15, -0.1) is 0 Å². The number of hydrogen-bond donors (Lipinski definition) is 3. The van der Waals surface area contributed by atoms with Crippen molar-refractivity contribution in [3.05, 3.63) is 29.8 Å². The molecule has 1 aliphatic rings. The monoisotopic (exact) mass is 292 g/mol. The Morgan fingerprint density at radius 3 is 2.81 bits per heavy atom. The zero-order valence-electron chi connectivity index (χ0n) is 12.6. The molecule has 0 bridgehead atoms. The Morgan fingerprint density at radius 2 is 2.19 bits per heavy atom. The molecule has 3 N–H and O–H groups in total. The number of aliphatic hydroxyl groups excluding tert-OH is 1. The first-order valence-electron chi connectivity index (χ1n) is 7.43. The minimum absolute atomic E-state index is 0.0379. The van der Waals surface area contributed by atoms with Crippen LogP contribution in [0.3, 0.4) is 0 Å². The molecule has 3 atom stereocenters. The zero-order chi connectivity index (χ0) is 15.2. The second-order valence-electron chi connectivity index (χ2n) is 5.61. The first-order chi connectivity index (χ1) is 10.1. The average molecular weight is 292 g/mol. The van der Waals surface area contributed by atoms with Gasteiger partial charge in [-0.25, -0.2) is 0 Å². The van der Waals surface area contributed by atoms with Crippen molar-refractivity contribution in [3.63, 3.8) is 0 Å². The van der Waals surface area contributed by atoms with E-state index in [0.717, 1.165) is 30.7 Å². The number of nitrogens with one attached hydrogen (secondary N) is 2. The van der Waals surface area contributed by atoms with Crippen molar-refractivity contribution in [1.29, 1.82) is 0 Å². The number of piperidine rings is 1. The van der Waals surface area contributed by atoms with Gasteiger partial charge in [0.05, 0.1) is 13.2 Å². The van der Waals surface area contributed by atoms with Gasteiger partial charge >= 0.3 is 0 Å². The molecule has 1 unspecified atom stereocenters. The molecule has 1 aromatic carbocycles. The average Bonchev–Trinajstić information content (AvgIpc) is 2.52. The SMILES string of the molecule is COc1ccc(C(O)CNC(=O)[C@H]2CCN[C@@H](C)C2)cc1. The van der Waals surface area contributed by atoms with Crippen molar-refractivity contribution in [2.75, 3.05) is 20.2 Å². The summed E-state index contributed by atoms with van der Waals surface area (Å²) in [5.41, 5.74) is 0.773. The number of carbonyl (C=O) groups excluding carboxylic acids is 1. The fraction of sp³-hybridized carbons (Fsp3) is 0.562. The lowest BCUT2D eigenvalue weighted by atomic mass is 9.92. The van der Waals surface area contributed by atoms with Gasteiger partial charge < -0.3 is 20.5 Å². The molecule has 116 valence electrons. The van der Waals surface area contributed by atoms with Crippen LogP contribution in [0.2, 0.25) is 0 Å². The topological polar surface area (TPSA) is 70.6 Å². The molecule has 5 nitrogen and oxygen atoms in total. The van der Waals surface area contributed by atoms with Crippen molar-refractivity contribution in [2.24, 2.45) is 5.92 Å². The first kappa shape index (κ1) is 15.8. The summed E-state index contributed by atoms with van der Waals surface area (Å²) in [7, 11) is 1.60. The number of rotatable bonds is 5. The zero-order valence-corrected chi connectivity index (χ0v) is 12.6. The number of ether oxygens (including phenoxy) is 1. The molecule has 0 radical (unpaired) electrons. The van der Waals surface area contributed by atoms with Crippen LogP contribution in [0.25, 0.3) is 0 Å². The molecule has 5 heteroatoms. The Balaban J connectivity index is 1.82. The van der Waals surface area contributed by atoms with Crippen molar-refractivity contribution in [2.45, 2.75) is 31.9 Å². The lowest BCUT2D eigenvalue weighted by Gasteiger charge is -2.27. The Kier molecular flexibility index (Phi) is 5.59. The smallest absolute Gasteiger partial charge is 0.223 e. The Labute approximate surface area is 125 Å². The molecule has 1 heterocycles. The highest BCUT2D eigenvalue weighted by Crippen LogP contribution is 2.18. The number of hydrogen-bond acceptors (Lipinski definition) is 4. The molecule has 1 fully saturated rings. The normalized spacial score (nSPS) is 23.4. The van der Waals surface area contributed by atoms with Crippen LogP contribution in [-0.4, -0.2) is 37.3 Å². The van der Waals surface area contributed by atoms with Gasteiger partial charge in [0.2, 0.25) is 5.91 Å². The second-order valence-corrected chi connectivity index (χ2v) is 5.61. The molecule has 0 saturated carbocycles. The summed E-state index contributed by atoms with van der Waals surface area (Å²) in [6.45, 7) is 3.20. The van der Waals surface area contributed by atoms with E-state index in [0.29, 0.717) is 6.04 Å². The third-order valence-electron chi connectivity index (χ3n) is 3.96. The van der Waals surface area contributed by atoms with Crippen LogP contribution in [0.15, 0.2) is 24.3 Å². The van der Waals surface area contributed by atoms with Gasteiger partial charge in [-0.05, 0) is 44.0 Å². The summed E-state index contributed by atoms with van der Waals surface area (Å²) in [5, 5.41) is 16.3. The third-order valence-corrected chi connectivity index (χ3v) is 3.96. The fourth-order valence-electron chi connectivity index (χ4n) is 2.66. The number of aliphatic hydroxyl groups is 1. The van der Waals surface area contributed by atoms with Crippen LogP contribution in [-0.2, 0) is 4.79 Å². The van der Waals surface area contributed by atoms with E-state index in [2.05, 4.69) is 17.6 Å². The van der Waals surface area contributed by atoms with E-state index in [9.17, 15) is 9.90 Å². The highest BCUT2D eigenvalue weighted by molar-refractivity contribution is 5.78. The van der Waals surface area contributed by atoms with E-state index in [4.69, 9.17) is 4.74 Å². The van der Waals surface area contributed by atoms with Gasteiger partial charge in [0.15, 0.2) is 0 Å². The Morgan fingerprint density at radius 1 is 1.48 bits per heavy atom. The lowest BCUT2D eigenvalue weighted by Crippen LogP contribution is -2.43. The summed E-state index contributed by atoms with van der Waals surface area (Å²) >= 11 is 0. The Bertz CT molecular complexity index is 461. The van der Waals surface area contributed by atoms with Crippen molar-refractivity contribution >= 4 is 5.91 Å². The van der Waals surface area contributed by atoms with Crippen molar-refractivity contribution in [1.82, 2.24) is 10.6 Å². The fourth-order valence-corrected chi connectivity index (χ4v) is 2.66. The van der Waals surface area contributed by atoms with E-state index in [1.54, 1.807) is 19.2 Å². The number of carbonyl (C=O) groups is 1. The maximum atomic E-state index is 12.1. The molecule has 1 saturated heterocycles. The minimum atomic E-state index is -0.695. The highest BCUT2D eigenvalue weighted by atomic mass is 16.5. The molecular weight excluding hydrogens is 268 g/mol. The van der Waals surface area contributed by atoms with E-state index >= 15 is 0 Å². The van der Waals surface area contributed by atoms with Gasteiger partial charge in [-0.3, -0.25) is 4.79 Å². The highest BCUT2D eigenvalue weighted by Gasteiger charge is 2.24. The summed E-state index contributed by atoms with van der Waals surface area (Å²) in [6, 6.07) is 7.59. The molecule has 0 aromatic heterocycles. The summed E-state index contributed by atoms with van der Waals surface area (Å²) < 4.78 is 5.08. The quantitative estimate of drug-likeness (QED) is 0.763. The molecule has 0 spiro atoms. The lowest BCUT2D eigenvalue weighted by molar-refractivity contribution is -0.126. The molecular formula is C16H24N2O3. The van der Waals surface area contributed by atoms with Crippen LogP contribution in [0, 0.1) is 5.92 Å². The van der Waals surface area contributed by atoms with E-state index in [-0.39, 0.29) is 18.4 Å². The first-order valence-corrected chi connectivity index (χ1v) is 7.43. The van der Waals surface area contributed by atoms with Crippen LogP contribution < -0.4 is 15.4 Å². The van der Waals surface area contributed by atoms with E-state index in [1.807, 2.05) is 12.1 Å². The van der Waals surface area contributed by atoms with Crippen LogP contribution in [0.1, 0.15) is 31.4 Å². The van der Waals surface area contributed by atoms with Gasteiger partial charge in [-0.2, -0.15) is 0 Å². The molecule has 21 heavy (non-hydrogen) atoms. The molecule has 1 aromatic rings. The number of amides is 1. The second kappa shape index (κ2) is 7.43. The van der Waals surface area contributed by atoms with Gasteiger partial charge in [0.25, 0.3) is 0 Å². The standard InChI is InChI=1S/C16H24N2O3/c1-11-9-13(7-8-17-11)16(20)18-10-15(19)12-3-5-14(21-2)6-4-12/h3-6,11,13,15,17,19H,7-10H2,1-2H3,(H,18,20)/t11-,13-,15?/m0/s1. The summed E-state index contributed by atoms with van der Waals surface area (Å²) in [4.78, 5) is 12.1. The third kappa shape index (κ3) is 4.44. The van der Waals surface area contributed by atoms with E-state index < -0.39 is 6.10 Å². The van der Waals surface area contributed by atoms with Crippen molar-refractivity contribution < 1.29 is 14.6 Å². The predicted octanol–water partition coefficient (Wildman–Crippen LogP) is 1.23. The maximum absolute atomic E-state index is 12.1. The molecule has 1 amide bonds. The van der Waals surface area contributed by atoms with E-state index in [1.165, 1.54) is 0 Å². The van der Waals surface area contributed by atoms with Crippen molar-refractivity contribution in [3.8, 4) is 5.75 Å². The number of benzene rings is 1. The molecule has 1 aliphatic heterocycles. The maximum Gasteiger partial charge on any atom is 0.223 e. The Hall–Kier alpha value is -1.59. The predicted molar refractivity (Wildman–Crippen MR) is 81.2 cm³/mol. The van der Waals surface area contributed by atoms with Crippen LogP contribution in [0.4, 0.5) is 0 Å². The van der Waals surface area contributed by atoms with Gasteiger partial charge in [0.1, 0.15) is 5.75 Å². The molecule has 2 rings (SSSR count). The van der Waals surface area contributed by atoms with Crippen LogP contribution in [0.5, 0.6) is 5.75 Å². The summed E-state index contributed by atoms with van der Waals surface area (Å²) in [5.74, 6) is 0.832. The van der Waals surface area contributed by atoms with Gasteiger partial charge in [-0.1, -0.05) is 12.1 Å². The number of methoxy groups -OCH3 is 1. The van der Waals surface area contributed by atoms with Gasteiger partial charge in [0, 0.05) is 18.5 Å². The van der Waals surface area contributed by atoms with Crippen LogP contribution >= 0.6 is 0 Å². The molecule has 0 aliphatic carbocycles. The summed E-state index contributed by atoms with van der Waals surface area (Å²) in [6.07, 6.45) is 1.01. The largest absolute Gasteiger partial charge is 0.497 e. The minimum Gasteiger partial charge on any atom is -0.497 e.